The Morgan fingerprint density at radius 2 is 1.37 bits per heavy atom. The molecule has 0 bridgehead atoms. The monoisotopic (exact) mass is 759 g/mol. The van der Waals surface area contributed by atoms with Crippen LogP contribution in [0.25, 0.3) is 44.5 Å². The molecule has 0 atom stereocenters. The van der Waals surface area contributed by atoms with Gasteiger partial charge in [0, 0.05) is 38.3 Å². The minimum absolute atomic E-state index is 0.0153. The van der Waals surface area contributed by atoms with Crippen LogP contribution in [0.2, 0.25) is 0 Å². The molecule has 10 nitrogen and oxygen atoms in total. The summed E-state index contributed by atoms with van der Waals surface area (Å²) in [6.07, 6.45) is -3.59. The Labute approximate surface area is 310 Å². The van der Waals surface area contributed by atoms with Gasteiger partial charge in [0.1, 0.15) is 17.3 Å². The average Bonchev–Trinajstić information content (AvgIpc) is 3.47. The van der Waals surface area contributed by atoms with Gasteiger partial charge < -0.3 is 31.6 Å². The standard InChI is InChI=1S/C20H17FN2O3.C19H16F3N3O2S/c1-11-7-15(12-3-5-14(24)6-4-12)18(16(8-11)19(22)25)17-9-13(21)10-23-20(17)26-2;1-9-16(10(2)28-25-9)17-14(11-3-5-13(26)6-4-11)7-12(19(20,21)22)8-15(17)18(23)24-27/h3-10,24H,1-2H3,(H2,22,25);3-8,26-27H,1-2H3,(H2,23,24). The van der Waals surface area contributed by atoms with E-state index in [9.17, 15) is 37.8 Å². The van der Waals surface area contributed by atoms with Crippen molar-refractivity contribution in [1.29, 1.82) is 0 Å². The molecule has 278 valence electrons. The molecule has 0 saturated heterocycles. The number of alkyl halides is 3. The van der Waals surface area contributed by atoms with Crippen molar-refractivity contribution in [3.63, 3.8) is 0 Å². The fourth-order valence-electron chi connectivity index (χ4n) is 5.95. The van der Waals surface area contributed by atoms with Gasteiger partial charge in [-0.05, 0) is 109 Å². The van der Waals surface area contributed by atoms with Crippen LogP contribution in [-0.4, -0.2) is 43.6 Å². The Morgan fingerprint density at radius 3 is 1.85 bits per heavy atom. The van der Waals surface area contributed by atoms with Crippen molar-refractivity contribution in [2.24, 2.45) is 16.6 Å². The van der Waals surface area contributed by atoms with E-state index in [0.717, 1.165) is 34.3 Å². The number of nitrogens with two attached hydrogens (primary N) is 2. The van der Waals surface area contributed by atoms with Crippen LogP contribution in [0.1, 0.15) is 37.6 Å². The number of phenols is 2. The number of phenolic OH excluding ortho intramolecular Hbond substituents is 2. The summed E-state index contributed by atoms with van der Waals surface area (Å²) >= 11 is 1.21. The number of benzene rings is 4. The van der Waals surface area contributed by atoms with Gasteiger partial charge in [-0.25, -0.2) is 9.37 Å². The third kappa shape index (κ3) is 8.10. The first-order valence-corrected chi connectivity index (χ1v) is 16.7. The molecule has 0 unspecified atom stereocenters. The Kier molecular flexibility index (Phi) is 11.2. The lowest BCUT2D eigenvalue weighted by atomic mass is 9.87. The van der Waals surface area contributed by atoms with Gasteiger partial charge in [-0.3, -0.25) is 4.79 Å². The van der Waals surface area contributed by atoms with Crippen molar-refractivity contribution >= 4 is 23.3 Å². The van der Waals surface area contributed by atoms with Gasteiger partial charge in [0.05, 0.1) is 24.6 Å². The number of aromatic nitrogens is 2. The molecule has 54 heavy (non-hydrogen) atoms. The van der Waals surface area contributed by atoms with E-state index in [1.807, 2.05) is 13.0 Å². The summed E-state index contributed by atoms with van der Waals surface area (Å²) in [5.41, 5.74) is 15.9. The van der Waals surface area contributed by atoms with Gasteiger partial charge in [0.15, 0.2) is 5.84 Å². The molecule has 0 spiro atoms. The number of nitrogens with zero attached hydrogens (tertiary/aromatic N) is 3. The molecule has 4 aromatic carbocycles. The summed E-state index contributed by atoms with van der Waals surface area (Å²) in [5.74, 6) is -1.37. The molecule has 1 amide bonds. The van der Waals surface area contributed by atoms with Gasteiger partial charge >= 0.3 is 6.18 Å². The Morgan fingerprint density at radius 1 is 0.796 bits per heavy atom. The van der Waals surface area contributed by atoms with E-state index in [1.165, 1.54) is 61.1 Å². The summed E-state index contributed by atoms with van der Waals surface area (Å²) in [7, 11) is 1.42. The molecule has 2 aromatic heterocycles. The average molecular weight is 760 g/mol. The van der Waals surface area contributed by atoms with Crippen LogP contribution in [0.4, 0.5) is 17.6 Å². The predicted octanol–water partition coefficient (Wildman–Crippen LogP) is 8.59. The maximum Gasteiger partial charge on any atom is 0.416 e. The number of methoxy groups -OCH3 is 1. The Balaban J connectivity index is 0.000000208. The molecule has 0 aliphatic rings. The number of aryl methyl sites for hydroxylation is 3. The molecule has 0 aliphatic carbocycles. The van der Waals surface area contributed by atoms with Crippen LogP contribution >= 0.6 is 11.5 Å². The van der Waals surface area contributed by atoms with Gasteiger partial charge in [0.2, 0.25) is 11.8 Å². The zero-order valence-corrected chi connectivity index (χ0v) is 30.0. The second-order valence-corrected chi connectivity index (χ2v) is 13.0. The number of aromatic hydroxyl groups is 2. The lowest BCUT2D eigenvalue weighted by Crippen LogP contribution is -2.17. The Bertz CT molecular complexity index is 2360. The molecule has 0 saturated carbocycles. The number of rotatable bonds is 7. The van der Waals surface area contributed by atoms with Crippen molar-refractivity contribution in [2.45, 2.75) is 26.9 Å². The lowest BCUT2D eigenvalue weighted by Gasteiger charge is -2.19. The first kappa shape index (κ1) is 38.7. The molecule has 7 N–H and O–H groups in total. The van der Waals surface area contributed by atoms with E-state index in [-0.39, 0.29) is 34.1 Å². The predicted molar refractivity (Wildman–Crippen MR) is 198 cm³/mol. The first-order valence-electron chi connectivity index (χ1n) is 15.9. The number of carbonyl (C=O) groups is 1. The summed E-state index contributed by atoms with van der Waals surface area (Å²) in [6, 6.07) is 18.9. The summed E-state index contributed by atoms with van der Waals surface area (Å²) in [5, 5.41) is 31.2. The second kappa shape index (κ2) is 15.6. The topological polar surface area (TPSA) is 177 Å². The fraction of sp³-hybridized carbons (Fsp3) is 0.128. The fourth-order valence-corrected chi connectivity index (χ4v) is 6.65. The van der Waals surface area contributed by atoms with E-state index >= 15 is 0 Å². The van der Waals surface area contributed by atoms with Gasteiger partial charge in [-0.2, -0.15) is 17.5 Å². The molecule has 6 rings (SSSR count). The lowest BCUT2D eigenvalue weighted by molar-refractivity contribution is -0.137. The van der Waals surface area contributed by atoms with E-state index in [1.54, 1.807) is 32.0 Å². The molecule has 0 fully saturated rings. The normalized spacial score (nSPS) is 11.5. The molecular weight excluding hydrogens is 727 g/mol. The van der Waals surface area contributed by atoms with Crippen LogP contribution in [-0.2, 0) is 6.18 Å². The molecule has 0 aliphatic heterocycles. The first-order chi connectivity index (χ1) is 25.5. The molecule has 15 heteroatoms. The summed E-state index contributed by atoms with van der Waals surface area (Å²) in [6.45, 7) is 5.38. The third-order valence-electron chi connectivity index (χ3n) is 8.32. The van der Waals surface area contributed by atoms with Gasteiger partial charge in [-0.15, -0.1) is 0 Å². The van der Waals surface area contributed by atoms with Crippen LogP contribution < -0.4 is 16.2 Å². The highest BCUT2D eigenvalue weighted by Crippen LogP contribution is 2.44. The maximum absolute atomic E-state index is 13.9. The van der Waals surface area contributed by atoms with Gasteiger partial charge in [0.25, 0.3) is 0 Å². The van der Waals surface area contributed by atoms with E-state index in [2.05, 4.69) is 14.5 Å². The SMILES string of the molecule is COc1ncc(F)cc1-c1c(C(N)=O)cc(C)cc1-c1ccc(O)cc1.Cc1nsc(C)c1-c1c(C(N)=NO)cc(C(F)(F)F)cc1-c1ccc(O)cc1. The quantitative estimate of drug-likeness (QED) is 0.0353. The number of halogens is 4. The van der Waals surface area contributed by atoms with Crippen molar-refractivity contribution in [3.05, 3.63) is 124 Å². The van der Waals surface area contributed by atoms with Crippen molar-refractivity contribution in [2.75, 3.05) is 7.11 Å². The van der Waals surface area contributed by atoms with Crippen LogP contribution in [0, 0.1) is 26.6 Å². The number of hydrogen-bond donors (Lipinski definition) is 5. The largest absolute Gasteiger partial charge is 0.508 e. The number of ether oxygens (including phenoxy) is 1. The molecule has 6 aromatic rings. The van der Waals surface area contributed by atoms with Crippen molar-refractivity contribution in [1.82, 2.24) is 9.36 Å². The number of amides is 1. The number of pyridine rings is 1. The highest BCUT2D eigenvalue weighted by atomic mass is 32.1. The van der Waals surface area contributed by atoms with E-state index < -0.39 is 29.3 Å². The number of primary amides is 1. The number of carbonyl (C=O) groups excluding carboxylic acids is 1. The smallest absolute Gasteiger partial charge is 0.416 e. The van der Waals surface area contributed by atoms with Gasteiger partial charge in [-0.1, -0.05) is 35.5 Å². The van der Waals surface area contributed by atoms with Crippen LogP contribution in [0.3, 0.4) is 0 Å². The van der Waals surface area contributed by atoms with Crippen molar-refractivity contribution < 1.29 is 42.5 Å². The minimum Gasteiger partial charge on any atom is -0.508 e. The second-order valence-electron chi connectivity index (χ2n) is 12.0. The Hall–Kier alpha value is -6.48. The maximum atomic E-state index is 13.9. The highest BCUT2D eigenvalue weighted by Gasteiger charge is 2.34. The minimum atomic E-state index is -4.63. The highest BCUT2D eigenvalue weighted by molar-refractivity contribution is 7.06. The zero-order valence-electron chi connectivity index (χ0n) is 29.2. The van der Waals surface area contributed by atoms with Crippen molar-refractivity contribution in [3.8, 4) is 61.9 Å². The number of amidine groups is 1. The number of hydrogen-bond acceptors (Lipinski definition) is 9. The van der Waals surface area contributed by atoms with E-state index in [4.69, 9.17) is 16.2 Å². The molecule has 0 radical (unpaired) electrons. The summed E-state index contributed by atoms with van der Waals surface area (Å²) < 4.78 is 64.0. The van der Waals surface area contributed by atoms with Crippen LogP contribution in [0.15, 0.2) is 90.2 Å². The molecule has 2 heterocycles. The number of oxime groups is 1. The zero-order chi connectivity index (χ0) is 39.5. The third-order valence-corrected chi connectivity index (χ3v) is 9.16. The van der Waals surface area contributed by atoms with Crippen LogP contribution in [0.5, 0.6) is 17.4 Å². The van der Waals surface area contributed by atoms with E-state index in [0.29, 0.717) is 39.1 Å². The summed E-state index contributed by atoms with van der Waals surface area (Å²) in [4.78, 5) is 16.8. The molecular formula is C39H33F4N5O5S.